The van der Waals surface area contributed by atoms with Gasteiger partial charge in [-0.3, -0.25) is 4.79 Å². The largest absolute Gasteiger partial charge is 0.433 e. The highest BCUT2D eigenvalue weighted by Gasteiger charge is 2.32. The van der Waals surface area contributed by atoms with E-state index in [1.807, 2.05) is 0 Å². The maximum absolute atomic E-state index is 12.5. The van der Waals surface area contributed by atoms with Crippen LogP contribution in [0.15, 0.2) is 35.6 Å². The van der Waals surface area contributed by atoms with Gasteiger partial charge in [-0.15, -0.1) is 0 Å². The molecule has 0 aliphatic heterocycles. The lowest BCUT2D eigenvalue weighted by Gasteiger charge is -2.08. The molecule has 2 aromatic rings. The van der Waals surface area contributed by atoms with E-state index >= 15 is 0 Å². The molecule has 0 atom stereocenters. The van der Waals surface area contributed by atoms with Crippen LogP contribution in [0.25, 0.3) is 0 Å². The maximum Gasteiger partial charge on any atom is 0.433 e. The van der Waals surface area contributed by atoms with Gasteiger partial charge in [0.25, 0.3) is 0 Å². The molecule has 0 fully saturated rings. The van der Waals surface area contributed by atoms with E-state index < -0.39 is 17.8 Å². The van der Waals surface area contributed by atoms with Crippen molar-refractivity contribution in [2.45, 2.75) is 11.3 Å². The van der Waals surface area contributed by atoms with Crippen molar-refractivity contribution < 1.29 is 18.0 Å². The molecule has 1 heterocycles. The molecule has 4 nitrogen and oxygen atoms in total. The summed E-state index contributed by atoms with van der Waals surface area (Å²) in [5, 5.41) is 3.05. The summed E-state index contributed by atoms with van der Waals surface area (Å²) in [4.78, 5) is 18.9. The summed E-state index contributed by atoms with van der Waals surface area (Å²) in [5.41, 5.74) is -0.747. The number of anilines is 1. The van der Waals surface area contributed by atoms with Crippen LogP contribution in [0.2, 0.25) is 10.0 Å². The monoisotopic (exact) mass is 381 g/mol. The Morgan fingerprint density at radius 3 is 2.70 bits per heavy atom. The molecule has 0 saturated heterocycles. The highest BCUT2D eigenvalue weighted by molar-refractivity contribution is 7.99. The van der Waals surface area contributed by atoms with E-state index in [0.717, 1.165) is 24.0 Å². The average molecular weight is 382 g/mol. The van der Waals surface area contributed by atoms with Gasteiger partial charge in [-0.1, -0.05) is 35.0 Å². The minimum atomic E-state index is -4.56. The second kappa shape index (κ2) is 7.37. The molecule has 1 amide bonds. The van der Waals surface area contributed by atoms with Crippen molar-refractivity contribution >= 4 is 46.6 Å². The molecule has 0 spiro atoms. The number of benzene rings is 1. The topological polar surface area (TPSA) is 54.9 Å². The molecule has 0 radical (unpaired) electrons. The van der Waals surface area contributed by atoms with Crippen LogP contribution in [-0.4, -0.2) is 21.6 Å². The summed E-state index contributed by atoms with van der Waals surface area (Å²) in [6, 6.07) is 5.30. The average Bonchev–Trinajstić information content (AvgIpc) is 2.48. The molecule has 2 rings (SSSR count). The van der Waals surface area contributed by atoms with Crippen LogP contribution in [0.4, 0.5) is 18.9 Å². The number of carbonyl (C=O) groups excluding carboxylic acids is 1. The highest BCUT2D eigenvalue weighted by Crippen LogP contribution is 2.29. The van der Waals surface area contributed by atoms with Crippen LogP contribution in [0.3, 0.4) is 0 Å². The van der Waals surface area contributed by atoms with E-state index in [1.165, 1.54) is 12.1 Å². The van der Waals surface area contributed by atoms with Gasteiger partial charge in [0.05, 0.1) is 16.5 Å². The fourth-order valence-corrected chi connectivity index (χ4v) is 2.45. The summed E-state index contributed by atoms with van der Waals surface area (Å²) < 4.78 is 37.6. The first-order valence-corrected chi connectivity index (χ1v) is 7.78. The van der Waals surface area contributed by atoms with E-state index in [1.54, 1.807) is 6.07 Å². The van der Waals surface area contributed by atoms with Gasteiger partial charge >= 0.3 is 6.18 Å². The van der Waals surface area contributed by atoms with Crippen molar-refractivity contribution in [2.75, 3.05) is 11.1 Å². The quantitative estimate of drug-likeness (QED) is 0.624. The standard InChI is InChI=1S/C13H8Cl2F3N3OS/c14-7-1-2-8(15)9(5-7)20-11(22)6-23-12-19-4-3-10(21-12)13(16,17)18/h1-5H,6H2,(H,20,22). The summed E-state index contributed by atoms with van der Waals surface area (Å²) in [7, 11) is 0. The Labute approximate surface area is 143 Å². The number of carbonyl (C=O) groups is 1. The van der Waals surface area contributed by atoms with Gasteiger partial charge in [-0.05, 0) is 24.3 Å². The molecule has 10 heteroatoms. The van der Waals surface area contributed by atoms with E-state index in [4.69, 9.17) is 23.2 Å². The first-order chi connectivity index (χ1) is 10.8. The van der Waals surface area contributed by atoms with Crippen LogP contribution < -0.4 is 5.32 Å². The Morgan fingerprint density at radius 1 is 1.26 bits per heavy atom. The molecule has 0 saturated carbocycles. The lowest BCUT2D eigenvalue weighted by Crippen LogP contribution is -2.15. The van der Waals surface area contributed by atoms with Crippen LogP contribution in [0, 0.1) is 0 Å². The first-order valence-electron chi connectivity index (χ1n) is 6.03. The third kappa shape index (κ3) is 5.26. The van der Waals surface area contributed by atoms with Gasteiger partial charge in [0.2, 0.25) is 5.91 Å². The zero-order valence-electron chi connectivity index (χ0n) is 11.2. The van der Waals surface area contributed by atoms with Gasteiger partial charge < -0.3 is 5.32 Å². The Bertz CT molecular complexity index is 728. The van der Waals surface area contributed by atoms with Crippen molar-refractivity contribution in [3.8, 4) is 0 Å². The number of aromatic nitrogens is 2. The molecule has 0 bridgehead atoms. The van der Waals surface area contributed by atoms with Gasteiger partial charge in [0.1, 0.15) is 5.69 Å². The zero-order chi connectivity index (χ0) is 17.0. The van der Waals surface area contributed by atoms with Crippen molar-refractivity contribution in [1.82, 2.24) is 9.97 Å². The molecular formula is C13H8Cl2F3N3OS. The van der Waals surface area contributed by atoms with Crippen molar-refractivity contribution in [3.05, 3.63) is 46.2 Å². The second-order valence-corrected chi connectivity index (χ2v) is 5.97. The molecule has 0 aliphatic carbocycles. The van der Waals surface area contributed by atoms with Crippen molar-refractivity contribution in [2.24, 2.45) is 0 Å². The number of rotatable bonds is 4. The zero-order valence-corrected chi connectivity index (χ0v) is 13.5. The Morgan fingerprint density at radius 2 is 2.00 bits per heavy atom. The van der Waals surface area contributed by atoms with Crippen molar-refractivity contribution in [3.63, 3.8) is 0 Å². The molecule has 0 unspecified atom stereocenters. The summed E-state index contributed by atoms with van der Waals surface area (Å²) in [6.07, 6.45) is -3.57. The van der Waals surface area contributed by atoms with Gasteiger partial charge in [-0.25, -0.2) is 9.97 Å². The molecule has 0 aliphatic rings. The van der Waals surface area contributed by atoms with E-state index in [2.05, 4.69) is 15.3 Å². The molecule has 1 N–H and O–H groups in total. The van der Waals surface area contributed by atoms with Gasteiger partial charge in [0.15, 0.2) is 5.16 Å². The number of hydrogen-bond acceptors (Lipinski definition) is 4. The number of hydrogen-bond donors (Lipinski definition) is 1. The SMILES string of the molecule is O=C(CSc1nccc(C(F)(F)F)n1)Nc1cc(Cl)ccc1Cl. The predicted octanol–water partition coefficient (Wildman–Crippen LogP) is 4.53. The van der Waals surface area contributed by atoms with E-state index in [9.17, 15) is 18.0 Å². The minimum absolute atomic E-state index is 0.146. The van der Waals surface area contributed by atoms with E-state index in [-0.39, 0.29) is 10.9 Å². The van der Waals surface area contributed by atoms with Gasteiger partial charge in [0, 0.05) is 11.2 Å². The smallest absolute Gasteiger partial charge is 0.324 e. The normalized spacial score (nSPS) is 11.3. The number of halogens is 5. The third-order valence-electron chi connectivity index (χ3n) is 2.46. The predicted molar refractivity (Wildman–Crippen MR) is 82.8 cm³/mol. The molecule has 1 aromatic carbocycles. The number of nitrogens with zero attached hydrogens (tertiary/aromatic N) is 2. The maximum atomic E-state index is 12.5. The summed E-state index contributed by atoms with van der Waals surface area (Å²) >= 11 is 12.5. The highest BCUT2D eigenvalue weighted by atomic mass is 35.5. The molecular weight excluding hydrogens is 374 g/mol. The number of amides is 1. The van der Waals surface area contributed by atoms with Crippen molar-refractivity contribution in [1.29, 1.82) is 0 Å². The van der Waals surface area contributed by atoms with Crippen LogP contribution in [0.1, 0.15) is 5.69 Å². The summed E-state index contributed by atoms with van der Waals surface area (Å²) in [5.74, 6) is -0.648. The number of thioether (sulfide) groups is 1. The molecule has 1 aromatic heterocycles. The lowest BCUT2D eigenvalue weighted by molar-refractivity contribution is -0.141. The molecule has 122 valence electrons. The Kier molecular flexibility index (Phi) is 5.72. The van der Waals surface area contributed by atoms with Crippen LogP contribution in [-0.2, 0) is 11.0 Å². The van der Waals surface area contributed by atoms with Crippen LogP contribution in [0.5, 0.6) is 0 Å². The number of alkyl halides is 3. The molecule has 23 heavy (non-hydrogen) atoms. The fourth-order valence-electron chi connectivity index (χ4n) is 1.48. The van der Waals surface area contributed by atoms with Crippen LogP contribution >= 0.6 is 35.0 Å². The summed E-state index contributed by atoms with van der Waals surface area (Å²) in [6.45, 7) is 0. The minimum Gasteiger partial charge on any atom is -0.324 e. The lowest BCUT2D eigenvalue weighted by atomic mass is 10.3. The number of nitrogens with one attached hydrogen (secondary N) is 1. The van der Waals surface area contributed by atoms with E-state index in [0.29, 0.717) is 15.7 Å². The second-order valence-electron chi connectivity index (χ2n) is 4.18. The Hall–Kier alpha value is -1.51. The Balaban J connectivity index is 1.98. The fraction of sp³-hybridized carbons (Fsp3) is 0.154. The third-order valence-corrected chi connectivity index (χ3v) is 3.88. The van der Waals surface area contributed by atoms with Gasteiger partial charge in [-0.2, -0.15) is 13.2 Å². The first kappa shape index (κ1) is 17.8.